The van der Waals surface area contributed by atoms with Gasteiger partial charge in [-0.05, 0) is 29.4 Å². The van der Waals surface area contributed by atoms with E-state index in [1.165, 1.54) is 0 Å². The van der Waals surface area contributed by atoms with Crippen LogP contribution in [0, 0.1) is 17.3 Å². The molecule has 2 unspecified atom stereocenters. The lowest BCUT2D eigenvalue weighted by Crippen LogP contribution is -2.27. The Balaban J connectivity index is 1.81. The lowest BCUT2D eigenvalue weighted by molar-refractivity contribution is 0.498. The van der Waals surface area contributed by atoms with E-state index in [4.69, 9.17) is 5.73 Å². The fourth-order valence-corrected chi connectivity index (χ4v) is 2.98. The molecule has 2 atom stereocenters. The van der Waals surface area contributed by atoms with Crippen LogP contribution in [0.2, 0.25) is 0 Å². The summed E-state index contributed by atoms with van der Waals surface area (Å²) in [5.41, 5.74) is 7.28. The van der Waals surface area contributed by atoms with E-state index in [2.05, 4.69) is 23.7 Å². The number of anilines is 2. The third-order valence-electron chi connectivity index (χ3n) is 4.24. The van der Waals surface area contributed by atoms with Crippen molar-refractivity contribution < 1.29 is 0 Å². The molecule has 2 N–H and O–H groups in total. The number of rotatable bonds is 1. The molecule has 2 aliphatic rings. The van der Waals surface area contributed by atoms with Crippen molar-refractivity contribution in [3.63, 3.8) is 0 Å². The van der Waals surface area contributed by atoms with E-state index in [1.807, 2.05) is 18.3 Å². The van der Waals surface area contributed by atoms with Gasteiger partial charge in [0.2, 0.25) is 0 Å². The molecule has 2 heterocycles. The molecule has 1 saturated heterocycles. The molecule has 15 heavy (non-hydrogen) atoms. The van der Waals surface area contributed by atoms with Crippen molar-refractivity contribution >= 4 is 11.5 Å². The SMILES string of the molecule is CC1(C)C2CN(c3ncccc3N)CC21. The number of pyridine rings is 1. The number of aromatic nitrogens is 1. The Bertz CT molecular complexity index is 386. The first-order chi connectivity index (χ1) is 7.10. The molecule has 0 bridgehead atoms. The van der Waals surface area contributed by atoms with Gasteiger partial charge < -0.3 is 10.6 Å². The van der Waals surface area contributed by atoms with Gasteiger partial charge in [0.05, 0.1) is 5.69 Å². The topological polar surface area (TPSA) is 42.2 Å². The van der Waals surface area contributed by atoms with Crippen LogP contribution < -0.4 is 10.6 Å². The minimum absolute atomic E-state index is 0.556. The molecule has 0 spiro atoms. The number of nitrogen functional groups attached to an aromatic ring is 1. The van der Waals surface area contributed by atoms with Crippen LogP contribution in [-0.2, 0) is 0 Å². The molecule has 0 aromatic carbocycles. The van der Waals surface area contributed by atoms with Gasteiger partial charge in [0.1, 0.15) is 0 Å². The largest absolute Gasteiger partial charge is 0.396 e. The van der Waals surface area contributed by atoms with Crippen molar-refractivity contribution in [1.29, 1.82) is 0 Å². The highest BCUT2D eigenvalue weighted by Crippen LogP contribution is 2.62. The van der Waals surface area contributed by atoms with Crippen LogP contribution in [-0.4, -0.2) is 18.1 Å². The number of nitrogens with zero attached hydrogens (tertiary/aromatic N) is 2. The van der Waals surface area contributed by atoms with Crippen LogP contribution >= 0.6 is 0 Å². The molecular formula is C12H17N3. The van der Waals surface area contributed by atoms with Gasteiger partial charge in [-0.15, -0.1) is 0 Å². The Morgan fingerprint density at radius 3 is 2.67 bits per heavy atom. The summed E-state index contributed by atoms with van der Waals surface area (Å²) >= 11 is 0. The van der Waals surface area contributed by atoms with Crippen molar-refractivity contribution in [2.75, 3.05) is 23.7 Å². The van der Waals surface area contributed by atoms with Crippen LogP contribution in [0.25, 0.3) is 0 Å². The maximum absolute atomic E-state index is 5.92. The molecule has 1 aliphatic heterocycles. The van der Waals surface area contributed by atoms with E-state index in [9.17, 15) is 0 Å². The van der Waals surface area contributed by atoms with Crippen molar-refractivity contribution in [3.8, 4) is 0 Å². The molecule has 0 radical (unpaired) electrons. The Labute approximate surface area is 90.3 Å². The second-order valence-electron chi connectivity index (χ2n) is 5.36. The second-order valence-corrected chi connectivity index (χ2v) is 5.36. The predicted octanol–water partition coefficient (Wildman–Crippen LogP) is 1.76. The summed E-state index contributed by atoms with van der Waals surface area (Å²) in [4.78, 5) is 6.69. The van der Waals surface area contributed by atoms with E-state index >= 15 is 0 Å². The Morgan fingerprint density at radius 1 is 1.40 bits per heavy atom. The van der Waals surface area contributed by atoms with Crippen LogP contribution in [0.15, 0.2) is 18.3 Å². The van der Waals surface area contributed by atoms with E-state index in [0.717, 1.165) is 36.4 Å². The molecule has 3 rings (SSSR count). The highest BCUT2D eigenvalue weighted by molar-refractivity contribution is 5.63. The summed E-state index contributed by atoms with van der Waals surface area (Å²) in [5.74, 6) is 2.67. The average Bonchev–Trinajstić information content (AvgIpc) is 2.63. The van der Waals surface area contributed by atoms with E-state index in [0.29, 0.717) is 5.41 Å². The summed E-state index contributed by atoms with van der Waals surface area (Å²) in [5, 5.41) is 0. The van der Waals surface area contributed by atoms with Gasteiger partial charge in [-0.2, -0.15) is 0 Å². The van der Waals surface area contributed by atoms with Crippen LogP contribution in [0.3, 0.4) is 0 Å². The third-order valence-corrected chi connectivity index (χ3v) is 4.24. The zero-order valence-electron chi connectivity index (χ0n) is 9.27. The lowest BCUT2D eigenvalue weighted by atomic mass is 10.1. The molecule has 3 nitrogen and oxygen atoms in total. The van der Waals surface area contributed by atoms with Gasteiger partial charge in [0.15, 0.2) is 5.82 Å². The molecule has 80 valence electrons. The average molecular weight is 203 g/mol. The van der Waals surface area contributed by atoms with Crippen molar-refractivity contribution in [2.45, 2.75) is 13.8 Å². The van der Waals surface area contributed by atoms with E-state index < -0.39 is 0 Å². The van der Waals surface area contributed by atoms with Gasteiger partial charge in [-0.3, -0.25) is 0 Å². The first kappa shape index (κ1) is 9.01. The highest BCUT2D eigenvalue weighted by atomic mass is 15.2. The zero-order chi connectivity index (χ0) is 10.6. The summed E-state index contributed by atoms with van der Waals surface area (Å²) in [6.07, 6.45) is 1.82. The summed E-state index contributed by atoms with van der Waals surface area (Å²) in [6.45, 7) is 6.97. The predicted molar refractivity (Wildman–Crippen MR) is 61.6 cm³/mol. The monoisotopic (exact) mass is 203 g/mol. The number of nitrogens with two attached hydrogens (primary N) is 1. The number of piperidine rings is 1. The fraction of sp³-hybridized carbons (Fsp3) is 0.583. The Kier molecular flexibility index (Phi) is 1.59. The normalized spacial score (nSPS) is 31.5. The molecule has 1 aromatic heterocycles. The van der Waals surface area contributed by atoms with Gasteiger partial charge in [-0.25, -0.2) is 4.98 Å². The number of hydrogen-bond acceptors (Lipinski definition) is 3. The lowest BCUT2D eigenvalue weighted by Gasteiger charge is -2.23. The molecule has 2 fully saturated rings. The van der Waals surface area contributed by atoms with Gasteiger partial charge in [0.25, 0.3) is 0 Å². The second kappa shape index (κ2) is 2.65. The highest BCUT2D eigenvalue weighted by Gasteiger charge is 2.62. The van der Waals surface area contributed by atoms with Crippen molar-refractivity contribution in [2.24, 2.45) is 17.3 Å². The number of hydrogen-bond donors (Lipinski definition) is 1. The van der Waals surface area contributed by atoms with Crippen molar-refractivity contribution in [3.05, 3.63) is 18.3 Å². The van der Waals surface area contributed by atoms with Gasteiger partial charge >= 0.3 is 0 Å². The van der Waals surface area contributed by atoms with Crippen LogP contribution in [0.1, 0.15) is 13.8 Å². The Hall–Kier alpha value is -1.25. The first-order valence-corrected chi connectivity index (χ1v) is 5.56. The maximum atomic E-state index is 5.92. The van der Waals surface area contributed by atoms with Gasteiger partial charge in [0, 0.05) is 19.3 Å². The molecule has 1 saturated carbocycles. The third kappa shape index (κ3) is 1.15. The molecule has 0 amide bonds. The maximum Gasteiger partial charge on any atom is 0.151 e. The van der Waals surface area contributed by atoms with Crippen molar-refractivity contribution in [1.82, 2.24) is 4.98 Å². The zero-order valence-corrected chi connectivity index (χ0v) is 9.27. The van der Waals surface area contributed by atoms with Crippen LogP contribution in [0.5, 0.6) is 0 Å². The minimum atomic E-state index is 0.556. The molecule has 3 heteroatoms. The number of fused-ring (bicyclic) bond motifs is 1. The summed E-state index contributed by atoms with van der Waals surface area (Å²) in [6, 6.07) is 3.82. The minimum Gasteiger partial charge on any atom is -0.396 e. The van der Waals surface area contributed by atoms with E-state index in [-0.39, 0.29) is 0 Å². The standard InChI is InChI=1S/C12H17N3/c1-12(2)8-6-15(7-9(8)12)11-10(13)4-3-5-14-11/h3-5,8-9H,6-7,13H2,1-2H3. The Morgan fingerprint density at radius 2 is 2.07 bits per heavy atom. The van der Waals surface area contributed by atoms with Crippen LogP contribution in [0.4, 0.5) is 11.5 Å². The summed E-state index contributed by atoms with van der Waals surface area (Å²) < 4.78 is 0. The summed E-state index contributed by atoms with van der Waals surface area (Å²) in [7, 11) is 0. The molecule has 1 aliphatic carbocycles. The van der Waals surface area contributed by atoms with Gasteiger partial charge in [-0.1, -0.05) is 13.8 Å². The quantitative estimate of drug-likeness (QED) is 0.756. The fourth-order valence-electron chi connectivity index (χ4n) is 2.98. The molecule has 1 aromatic rings. The van der Waals surface area contributed by atoms with E-state index in [1.54, 1.807) is 0 Å². The smallest absolute Gasteiger partial charge is 0.151 e. The first-order valence-electron chi connectivity index (χ1n) is 5.56. The molecular weight excluding hydrogens is 186 g/mol.